The van der Waals surface area contributed by atoms with Crippen molar-refractivity contribution in [2.24, 2.45) is 4.99 Å². The Morgan fingerprint density at radius 2 is 1.61 bits per heavy atom. The molecule has 0 spiro atoms. The normalized spacial score (nSPS) is 11.4. The van der Waals surface area contributed by atoms with Crippen LogP contribution in [-0.2, 0) is 22.8 Å². The number of benzene rings is 2. The van der Waals surface area contributed by atoms with Crippen molar-refractivity contribution in [1.82, 2.24) is 16.0 Å². The van der Waals surface area contributed by atoms with Crippen molar-refractivity contribution in [1.29, 1.82) is 0 Å². The molecule has 2 rings (SSSR count). The Hall–Kier alpha value is -2.14. The Labute approximate surface area is 202 Å². The minimum Gasteiger partial charge on any atom is -0.357 e. The van der Waals surface area contributed by atoms with Crippen molar-refractivity contribution in [3.8, 4) is 0 Å². The van der Waals surface area contributed by atoms with Crippen molar-refractivity contribution in [3.63, 3.8) is 0 Å². The summed E-state index contributed by atoms with van der Waals surface area (Å²) in [6.45, 7) is 6.31. The molecule has 0 bridgehead atoms. The van der Waals surface area contributed by atoms with Gasteiger partial charge in [-0.05, 0) is 55.7 Å². The lowest BCUT2D eigenvalue weighted by Gasteiger charge is -2.12. The molecule has 7 nitrogen and oxygen atoms in total. The van der Waals surface area contributed by atoms with Gasteiger partial charge >= 0.3 is 0 Å². The van der Waals surface area contributed by atoms with Gasteiger partial charge in [0, 0.05) is 31.5 Å². The summed E-state index contributed by atoms with van der Waals surface area (Å²) in [7, 11) is -3.18. The average Bonchev–Trinajstić information content (AvgIpc) is 2.72. The summed E-state index contributed by atoms with van der Waals surface area (Å²) in [6, 6.07) is 14.4. The highest BCUT2D eigenvalue weighted by atomic mass is 127. The second-order valence-electron chi connectivity index (χ2n) is 6.85. The molecule has 0 saturated carbocycles. The number of amides is 1. The zero-order valence-corrected chi connectivity index (χ0v) is 21.3. The molecule has 0 aliphatic carbocycles. The van der Waals surface area contributed by atoms with Crippen molar-refractivity contribution in [2.45, 2.75) is 31.7 Å². The lowest BCUT2D eigenvalue weighted by molar-refractivity contribution is 0.0955. The highest BCUT2D eigenvalue weighted by Crippen LogP contribution is 2.10. The number of guanidine groups is 1. The van der Waals surface area contributed by atoms with Gasteiger partial charge in [-0.1, -0.05) is 24.3 Å². The van der Waals surface area contributed by atoms with Crippen LogP contribution in [0.2, 0.25) is 0 Å². The largest absolute Gasteiger partial charge is 0.357 e. The van der Waals surface area contributed by atoms with Crippen LogP contribution < -0.4 is 16.0 Å². The molecule has 0 aliphatic rings. The van der Waals surface area contributed by atoms with Crippen LogP contribution in [0.1, 0.15) is 35.3 Å². The Morgan fingerprint density at radius 1 is 0.935 bits per heavy atom. The molecule has 0 aromatic heterocycles. The second-order valence-corrected chi connectivity index (χ2v) is 8.86. The fourth-order valence-electron chi connectivity index (χ4n) is 2.81. The van der Waals surface area contributed by atoms with Gasteiger partial charge in [-0.3, -0.25) is 4.79 Å². The average molecular weight is 558 g/mol. The van der Waals surface area contributed by atoms with Gasteiger partial charge in [-0.25, -0.2) is 13.4 Å². The van der Waals surface area contributed by atoms with E-state index in [0.717, 1.165) is 24.1 Å². The number of carbonyl (C=O) groups is 1. The van der Waals surface area contributed by atoms with E-state index >= 15 is 0 Å². The summed E-state index contributed by atoms with van der Waals surface area (Å²) in [5.41, 5.74) is 2.62. The molecule has 2 aromatic carbocycles. The van der Waals surface area contributed by atoms with Crippen molar-refractivity contribution in [2.75, 3.05) is 25.9 Å². The lowest BCUT2D eigenvalue weighted by atomic mass is 10.1. The quantitative estimate of drug-likeness (QED) is 0.250. The molecule has 0 heterocycles. The Morgan fingerprint density at radius 3 is 2.23 bits per heavy atom. The number of sulfone groups is 1. The third-order valence-electron chi connectivity index (χ3n) is 4.35. The molecule has 0 aliphatic heterocycles. The predicted molar refractivity (Wildman–Crippen MR) is 136 cm³/mol. The van der Waals surface area contributed by atoms with Gasteiger partial charge in [0.2, 0.25) is 0 Å². The zero-order chi connectivity index (χ0) is 22.0. The lowest BCUT2D eigenvalue weighted by Crippen LogP contribution is -2.38. The molecule has 170 valence electrons. The van der Waals surface area contributed by atoms with Crippen LogP contribution in [0, 0.1) is 0 Å². The molecule has 3 N–H and O–H groups in total. The minimum absolute atomic E-state index is 0. The Kier molecular flexibility index (Phi) is 11.5. The SMILES string of the molecule is CCNC(=O)c1cccc(CN=C(NCC)NCCc2ccc(S(C)(=O)=O)cc2)c1.I. The molecule has 1 amide bonds. The standard InChI is InChI=1S/C22H30N4O3S.HI/c1-4-23-21(27)19-8-6-7-18(15-19)16-26-22(24-5-2)25-14-13-17-9-11-20(12-10-17)30(3,28)29;/h6-12,15H,4-5,13-14,16H2,1-3H3,(H,23,27)(H2,24,25,26);1H. The maximum atomic E-state index is 12.0. The topological polar surface area (TPSA) is 99.7 Å². The van der Waals surface area contributed by atoms with Gasteiger partial charge in [0.15, 0.2) is 15.8 Å². The van der Waals surface area contributed by atoms with E-state index in [9.17, 15) is 13.2 Å². The number of carbonyl (C=O) groups excluding carboxylic acids is 1. The second kappa shape index (κ2) is 13.3. The smallest absolute Gasteiger partial charge is 0.251 e. The van der Waals surface area contributed by atoms with Gasteiger partial charge in [0.25, 0.3) is 5.91 Å². The van der Waals surface area contributed by atoms with E-state index in [1.807, 2.05) is 44.2 Å². The van der Waals surface area contributed by atoms with E-state index in [1.165, 1.54) is 6.26 Å². The molecule has 31 heavy (non-hydrogen) atoms. The third kappa shape index (κ3) is 9.26. The number of hydrogen-bond acceptors (Lipinski definition) is 4. The third-order valence-corrected chi connectivity index (χ3v) is 5.48. The molecule has 2 aromatic rings. The number of nitrogens with one attached hydrogen (secondary N) is 3. The summed E-state index contributed by atoms with van der Waals surface area (Å²) in [5, 5.41) is 9.29. The summed E-state index contributed by atoms with van der Waals surface area (Å²) >= 11 is 0. The predicted octanol–water partition coefficient (Wildman–Crippen LogP) is 2.76. The van der Waals surface area contributed by atoms with Gasteiger partial charge in [0.05, 0.1) is 11.4 Å². The fourth-order valence-corrected chi connectivity index (χ4v) is 3.44. The van der Waals surface area contributed by atoms with Gasteiger partial charge in [-0.15, -0.1) is 24.0 Å². The molecule has 9 heteroatoms. The van der Waals surface area contributed by atoms with E-state index in [0.29, 0.717) is 36.1 Å². The first kappa shape index (κ1) is 26.9. The summed E-state index contributed by atoms with van der Waals surface area (Å²) in [5.74, 6) is 0.601. The molecule has 0 unspecified atom stereocenters. The van der Waals surface area contributed by atoms with E-state index < -0.39 is 9.84 Å². The molecule has 0 atom stereocenters. The van der Waals surface area contributed by atoms with E-state index in [-0.39, 0.29) is 29.9 Å². The molecule has 0 radical (unpaired) electrons. The highest BCUT2D eigenvalue weighted by Gasteiger charge is 2.07. The van der Waals surface area contributed by atoms with Crippen molar-refractivity contribution in [3.05, 3.63) is 65.2 Å². The van der Waals surface area contributed by atoms with Crippen LogP contribution in [-0.4, -0.2) is 46.2 Å². The van der Waals surface area contributed by atoms with Crippen molar-refractivity contribution >= 4 is 45.7 Å². The Bertz CT molecular complexity index is 977. The van der Waals surface area contributed by atoms with Crippen LogP contribution in [0.15, 0.2) is 58.4 Å². The monoisotopic (exact) mass is 558 g/mol. The first-order valence-corrected chi connectivity index (χ1v) is 11.9. The Balaban J connectivity index is 0.00000480. The van der Waals surface area contributed by atoms with Crippen LogP contribution in [0.25, 0.3) is 0 Å². The zero-order valence-electron chi connectivity index (χ0n) is 18.1. The van der Waals surface area contributed by atoms with E-state index in [1.54, 1.807) is 18.2 Å². The maximum absolute atomic E-state index is 12.0. The number of aliphatic imine (C=N–C) groups is 1. The number of hydrogen-bond donors (Lipinski definition) is 3. The first-order valence-electron chi connectivity index (χ1n) is 10.0. The molecule has 0 saturated heterocycles. The van der Waals surface area contributed by atoms with Crippen molar-refractivity contribution < 1.29 is 13.2 Å². The van der Waals surface area contributed by atoms with E-state index in [4.69, 9.17) is 0 Å². The number of nitrogens with zero attached hydrogens (tertiary/aromatic N) is 1. The summed E-state index contributed by atoms with van der Waals surface area (Å²) in [6.07, 6.45) is 1.94. The van der Waals surface area contributed by atoms with Crippen LogP contribution in [0.5, 0.6) is 0 Å². The minimum atomic E-state index is -3.18. The van der Waals surface area contributed by atoms with Gasteiger partial charge in [0.1, 0.15) is 0 Å². The number of halogens is 1. The fraction of sp³-hybridized carbons (Fsp3) is 0.364. The van der Waals surface area contributed by atoms with Gasteiger partial charge in [-0.2, -0.15) is 0 Å². The molecular weight excluding hydrogens is 527 g/mol. The van der Waals surface area contributed by atoms with Gasteiger partial charge < -0.3 is 16.0 Å². The first-order chi connectivity index (χ1) is 14.3. The molecule has 0 fully saturated rings. The summed E-state index contributed by atoms with van der Waals surface area (Å²) < 4.78 is 23.1. The van der Waals surface area contributed by atoms with E-state index in [2.05, 4.69) is 20.9 Å². The van der Waals surface area contributed by atoms with Crippen LogP contribution in [0.4, 0.5) is 0 Å². The van der Waals surface area contributed by atoms with Crippen LogP contribution >= 0.6 is 24.0 Å². The molecular formula is C22H31IN4O3S. The number of rotatable bonds is 9. The van der Waals surface area contributed by atoms with Crippen LogP contribution in [0.3, 0.4) is 0 Å². The summed E-state index contributed by atoms with van der Waals surface area (Å²) in [4.78, 5) is 16.9. The maximum Gasteiger partial charge on any atom is 0.251 e. The highest BCUT2D eigenvalue weighted by molar-refractivity contribution is 14.0.